The van der Waals surface area contributed by atoms with Gasteiger partial charge in [-0.3, -0.25) is 19.1 Å². The van der Waals surface area contributed by atoms with Crippen molar-refractivity contribution in [3.05, 3.63) is 60.7 Å². The highest BCUT2D eigenvalue weighted by atomic mass is 32.2. The van der Waals surface area contributed by atoms with Gasteiger partial charge in [0.25, 0.3) is 5.91 Å². The number of carbonyl (C=O) groups excluding carboxylic acids is 4. The molecule has 3 fully saturated rings. The zero-order chi connectivity index (χ0) is 47.9. The summed E-state index contributed by atoms with van der Waals surface area (Å²) in [6, 6.07) is 11.7. The molecule has 3 heterocycles. The number of nitrogens with one attached hydrogen (secondary N) is 3. The standard InChI is InChI=1S/C47H58F3N5O10S/c1-26(2)63-32-14-12-29(13-15-32)37-22-30-21-33(62-7)16-19-36(30)41(51-37)64-34-23-38-40(56)53-46(43(58)54-66(60,61)35-17-18-35)24-31(46)11-9-8-10-27(3)20-28(4)39(42(57)55(38)25-34)52-44(59)65-45(5,6)47(48,49)50/h9,11-16,19,21-22,26-28,31,34-35,38-39H,8,10,17-18,20,23-25H2,1-7H3,(H,52,59)(H,53,56)(H,54,58)/t27-,28-,31-,34-,38+,39+,46-/m1/s1. The van der Waals surface area contributed by atoms with Crippen molar-refractivity contribution in [3.8, 4) is 28.6 Å². The number of benzene rings is 2. The summed E-state index contributed by atoms with van der Waals surface area (Å²) in [5.74, 6) is -2.37. The van der Waals surface area contributed by atoms with E-state index in [1.165, 1.54) is 12.0 Å². The first kappa shape index (κ1) is 48.3. The fourth-order valence-corrected chi connectivity index (χ4v) is 10.0. The van der Waals surface area contributed by atoms with Crippen molar-refractivity contribution in [1.29, 1.82) is 0 Å². The van der Waals surface area contributed by atoms with Gasteiger partial charge in [-0.1, -0.05) is 26.0 Å². The molecule has 0 unspecified atom stereocenters. The van der Waals surface area contributed by atoms with Gasteiger partial charge in [0.15, 0.2) is 0 Å². The summed E-state index contributed by atoms with van der Waals surface area (Å²) in [6.45, 7) is 8.61. The fourth-order valence-electron chi connectivity index (χ4n) is 8.65. The highest BCUT2D eigenvalue weighted by Gasteiger charge is 2.62. The Kier molecular flexibility index (Phi) is 13.6. The van der Waals surface area contributed by atoms with Crippen molar-refractivity contribution < 1.29 is 59.7 Å². The zero-order valence-electron chi connectivity index (χ0n) is 38.1. The van der Waals surface area contributed by atoms with E-state index in [0.29, 0.717) is 73.9 Å². The van der Waals surface area contributed by atoms with Crippen LogP contribution in [-0.2, 0) is 29.1 Å². The average Bonchev–Trinajstić information content (AvgIpc) is 4.17. The molecule has 0 spiro atoms. The molecule has 2 aromatic carbocycles. The van der Waals surface area contributed by atoms with Gasteiger partial charge in [0.05, 0.1) is 30.7 Å². The Balaban J connectivity index is 1.26. The Morgan fingerprint density at radius 2 is 1.68 bits per heavy atom. The number of hydrogen-bond donors (Lipinski definition) is 3. The highest BCUT2D eigenvalue weighted by Crippen LogP contribution is 2.46. The molecule has 3 aromatic rings. The van der Waals surface area contributed by atoms with Crippen LogP contribution in [0.25, 0.3) is 22.0 Å². The number of methoxy groups -OCH3 is 1. The number of fused-ring (bicyclic) bond motifs is 3. The second-order valence-electron chi connectivity index (χ2n) is 18.9. The second kappa shape index (κ2) is 18.6. The molecular formula is C47H58F3N5O10S. The minimum absolute atomic E-state index is 0.0430. The number of pyridine rings is 1. The number of nitrogens with zero attached hydrogens (tertiary/aromatic N) is 2. The van der Waals surface area contributed by atoms with Crippen LogP contribution in [0.2, 0.25) is 0 Å². The van der Waals surface area contributed by atoms with Gasteiger partial charge in [0.1, 0.15) is 35.2 Å². The van der Waals surface area contributed by atoms with E-state index in [0.717, 1.165) is 5.56 Å². The van der Waals surface area contributed by atoms with E-state index in [4.69, 9.17) is 23.9 Å². The molecule has 15 nitrogen and oxygen atoms in total. The Morgan fingerprint density at radius 1 is 0.985 bits per heavy atom. The smallest absolute Gasteiger partial charge is 0.427 e. The van der Waals surface area contributed by atoms with Crippen LogP contribution in [0, 0.1) is 17.8 Å². The third kappa shape index (κ3) is 10.7. The quantitative estimate of drug-likeness (QED) is 0.168. The summed E-state index contributed by atoms with van der Waals surface area (Å²) >= 11 is 0. The van der Waals surface area contributed by atoms with Gasteiger partial charge in [0, 0.05) is 23.3 Å². The molecule has 0 radical (unpaired) electrons. The highest BCUT2D eigenvalue weighted by molar-refractivity contribution is 7.91. The predicted molar refractivity (Wildman–Crippen MR) is 238 cm³/mol. The van der Waals surface area contributed by atoms with Crippen molar-refractivity contribution >= 4 is 44.6 Å². The Hall–Kier alpha value is -5.59. The number of sulfonamides is 1. The van der Waals surface area contributed by atoms with Crippen molar-refractivity contribution in [3.63, 3.8) is 0 Å². The lowest BCUT2D eigenvalue weighted by Gasteiger charge is -2.34. The third-order valence-electron chi connectivity index (χ3n) is 12.7. The molecule has 2 saturated carbocycles. The minimum Gasteiger partial charge on any atom is -0.497 e. The molecule has 1 aromatic heterocycles. The molecule has 7 atom stereocenters. The van der Waals surface area contributed by atoms with Crippen LogP contribution in [0.1, 0.15) is 86.5 Å². The number of carbonyl (C=O) groups is 4. The second-order valence-corrected chi connectivity index (χ2v) is 20.8. The number of rotatable bonds is 11. The summed E-state index contributed by atoms with van der Waals surface area (Å²) in [4.78, 5) is 63.1. The maximum Gasteiger partial charge on any atom is 0.427 e. The molecule has 358 valence electrons. The molecule has 4 aliphatic rings. The first-order valence-electron chi connectivity index (χ1n) is 22.3. The number of amides is 4. The molecule has 2 aliphatic carbocycles. The van der Waals surface area contributed by atoms with E-state index in [2.05, 4.69) is 15.4 Å². The van der Waals surface area contributed by atoms with Gasteiger partial charge in [-0.15, -0.1) is 0 Å². The number of ether oxygens (including phenoxy) is 4. The van der Waals surface area contributed by atoms with Crippen LogP contribution in [0.15, 0.2) is 60.7 Å². The summed E-state index contributed by atoms with van der Waals surface area (Å²) in [6.07, 6.45) is -1.50. The van der Waals surface area contributed by atoms with Gasteiger partial charge in [-0.25, -0.2) is 18.2 Å². The van der Waals surface area contributed by atoms with Crippen molar-refractivity contribution in [2.45, 2.75) is 133 Å². The first-order valence-corrected chi connectivity index (χ1v) is 23.9. The summed E-state index contributed by atoms with van der Waals surface area (Å²) in [5, 5.41) is 5.79. The molecule has 19 heteroatoms. The van der Waals surface area contributed by atoms with Crippen molar-refractivity contribution in [2.75, 3.05) is 13.7 Å². The Morgan fingerprint density at radius 3 is 2.33 bits per heavy atom. The van der Waals surface area contributed by atoms with Gasteiger partial charge in [0.2, 0.25) is 33.3 Å². The normalized spacial score (nSPS) is 26.3. The fraction of sp³-hybridized carbons (Fsp3) is 0.553. The summed E-state index contributed by atoms with van der Waals surface area (Å²) < 4.78 is 92.7. The molecule has 2 aliphatic heterocycles. The molecule has 4 amide bonds. The molecule has 7 rings (SSSR count). The monoisotopic (exact) mass is 941 g/mol. The van der Waals surface area contributed by atoms with E-state index in [-0.39, 0.29) is 37.3 Å². The number of alkyl halides is 3. The summed E-state index contributed by atoms with van der Waals surface area (Å²) in [5.41, 5.74) is -3.31. The molecule has 3 N–H and O–H groups in total. The maximum atomic E-state index is 15.0. The number of hydrogen-bond acceptors (Lipinski definition) is 11. The molecule has 1 saturated heterocycles. The molecular weight excluding hydrogens is 884 g/mol. The van der Waals surface area contributed by atoms with Crippen molar-refractivity contribution in [2.24, 2.45) is 17.8 Å². The first-order chi connectivity index (χ1) is 31.0. The lowest BCUT2D eigenvalue weighted by molar-refractivity contribution is -0.244. The largest absolute Gasteiger partial charge is 0.497 e. The number of allylic oxidation sites excluding steroid dienone is 1. The third-order valence-corrected chi connectivity index (χ3v) is 14.5. The lowest BCUT2D eigenvalue weighted by atomic mass is 9.88. The number of aromatic nitrogens is 1. The van der Waals surface area contributed by atoms with Crippen LogP contribution in [-0.4, -0.2) is 103 Å². The van der Waals surface area contributed by atoms with Gasteiger partial charge < -0.3 is 34.5 Å². The Bertz CT molecular complexity index is 2480. The van der Waals surface area contributed by atoms with E-state index >= 15 is 4.79 Å². The van der Waals surface area contributed by atoms with Gasteiger partial charge in [-0.2, -0.15) is 13.2 Å². The van der Waals surface area contributed by atoms with Crippen LogP contribution in [0.5, 0.6) is 17.4 Å². The average molecular weight is 942 g/mol. The van der Waals surface area contributed by atoms with Crippen LogP contribution >= 0.6 is 0 Å². The van der Waals surface area contributed by atoms with E-state index in [9.17, 15) is 36.0 Å². The van der Waals surface area contributed by atoms with Crippen molar-refractivity contribution in [1.82, 2.24) is 25.2 Å². The predicted octanol–water partition coefficient (Wildman–Crippen LogP) is 6.98. The van der Waals surface area contributed by atoms with Crippen LogP contribution in [0.4, 0.5) is 18.0 Å². The van der Waals surface area contributed by atoms with Crippen LogP contribution in [0.3, 0.4) is 0 Å². The van der Waals surface area contributed by atoms with Crippen LogP contribution < -0.4 is 29.6 Å². The molecule has 66 heavy (non-hydrogen) atoms. The maximum absolute atomic E-state index is 15.0. The van der Waals surface area contributed by atoms with Gasteiger partial charge >= 0.3 is 12.3 Å². The minimum atomic E-state index is -4.93. The zero-order valence-corrected chi connectivity index (χ0v) is 38.9. The van der Waals surface area contributed by atoms with E-state index < -0.39 is 86.4 Å². The Labute approximate surface area is 382 Å². The SMILES string of the molecule is COc1ccc2c(O[C@@H]3C[C@H]4C(=O)N[C@]5(C(=O)NS(=O)(=O)C6CC6)C[C@H]5C=CCC[C@@H](C)C[C@@H](C)[C@H](NC(=O)OC(C)(C)C(F)(F)F)C(=O)N4C3)nc(-c3ccc(OC(C)C)cc3)cc2c1. The summed E-state index contributed by atoms with van der Waals surface area (Å²) in [7, 11) is -2.47. The number of alkyl carbamates (subject to hydrolysis) is 1. The van der Waals surface area contributed by atoms with E-state index in [1.54, 1.807) is 25.1 Å². The molecule has 0 bridgehead atoms. The van der Waals surface area contributed by atoms with E-state index in [1.807, 2.05) is 63.2 Å². The van der Waals surface area contributed by atoms with Gasteiger partial charge in [-0.05, 0) is 132 Å². The lowest BCUT2D eigenvalue weighted by Crippen LogP contribution is -2.59. The topological polar surface area (TPSA) is 192 Å². The number of halogens is 3.